The van der Waals surface area contributed by atoms with E-state index in [2.05, 4.69) is 6.58 Å². The van der Waals surface area contributed by atoms with Crippen LogP contribution in [0, 0.1) is 5.41 Å². The van der Waals surface area contributed by atoms with E-state index in [0.29, 0.717) is 18.7 Å². The first kappa shape index (κ1) is 16.7. The summed E-state index contributed by atoms with van der Waals surface area (Å²) in [5, 5.41) is 0. The van der Waals surface area contributed by atoms with Crippen molar-refractivity contribution in [1.29, 1.82) is 0 Å². The average molecular weight is 275 g/mol. The summed E-state index contributed by atoms with van der Waals surface area (Å²) in [7, 11) is 2.50. The molecule has 0 aliphatic heterocycles. The molecule has 0 heterocycles. The molecular formula is C13H19ClO4. The number of hydrogen-bond donors (Lipinski definition) is 0. The third-order valence-corrected chi connectivity index (χ3v) is 2.83. The molecule has 5 heteroatoms. The quantitative estimate of drug-likeness (QED) is 0.295. The number of halogens is 1. The van der Waals surface area contributed by atoms with Crippen molar-refractivity contribution >= 4 is 23.5 Å². The molecule has 0 amide bonds. The molecule has 18 heavy (non-hydrogen) atoms. The van der Waals surface area contributed by atoms with Crippen molar-refractivity contribution in [3.8, 4) is 0 Å². The first-order chi connectivity index (χ1) is 8.58. The monoisotopic (exact) mass is 274 g/mol. The molecule has 0 N–H and O–H groups in total. The van der Waals surface area contributed by atoms with E-state index in [-0.39, 0.29) is 6.42 Å². The number of rotatable bonds is 8. The van der Waals surface area contributed by atoms with Crippen molar-refractivity contribution < 1.29 is 19.1 Å². The summed E-state index contributed by atoms with van der Waals surface area (Å²) >= 11 is 5.53. The third-order valence-electron chi connectivity index (χ3n) is 2.65. The van der Waals surface area contributed by atoms with Gasteiger partial charge in [-0.15, -0.1) is 18.2 Å². The highest BCUT2D eigenvalue weighted by Gasteiger charge is 2.46. The van der Waals surface area contributed by atoms with Crippen LogP contribution in [0.4, 0.5) is 0 Å². The summed E-state index contributed by atoms with van der Waals surface area (Å²) in [6, 6.07) is 0. The largest absolute Gasteiger partial charge is 0.468 e. The van der Waals surface area contributed by atoms with Crippen molar-refractivity contribution in [2.45, 2.75) is 19.3 Å². The Labute approximate surface area is 113 Å². The zero-order valence-electron chi connectivity index (χ0n) is 10.8. The van der Waals surface area contributed by atoms with Gasteiger partial charge in [0.05, 0.1) is 14.2 Å². The van der Waals surface area contributed by atoms with Crippen LogP contribution in [0.5, 0.6) is 0 Å². The van der Waals surface area contributed by atoms with Gasteiger partial charge in [0.1, 0.15) is 0 Å². The summed E-state index contributed by atoms with van der Waals surface area (Å²) in [4.78, 5) is 23.8. The third kappa shape index (κ3) is 4.18. The van der Waals surface area contributed by atoms with Gasteiger partial charge >= 0.3 is 11.9 Å². The highest BCUT2D eigenvalue weighted by molar-refractivity contribution is 6.18. The average Bonchev–Trinajstić information content (AvgIpc) is 2.41. The maximum atomic E-state index is 11.9. The van der Waals surface area contributed by atoms with Gasteiger partial charge < -0.3 is 9.47 Å². The van der Waals surface area contributed by atoms with Crippen LogP contribution >= 0.6 is 11.6 Å². The first-order valence-corrected chi connectivity index (χ1v) is 6.11. The maximum Gasteiger partial charge on any atom is 0.323 e. The Morgan fingerprint density at radius 1 is 1.22 bits per heavy atom. The first-order valence-electron chi connectivity index (χ1n) is 5.57. The van der Waals surface area contributed by atoms with Crippen LogP contribution in [0.3, 0.4) is 0 Å². The molecule has 0 unspecified atom stereocenters. The van der Waals surface area contributed by atoms with Crippen LogP contribution in [-0.2, 0) is 19.1 Å². The number of carbonyl (C=O) groups is 2. The van der Waals surface area contributed by atoms with Crippen molar-refractivity contribution in [2.24, 2.45) is 5.41 Å². The number of alkyl halides is 1. The topological polar surface area (TPSA) is 52.6 Å². The lowest BCUT2D eigenvalue weighted by Crippen LogP contribution is -2.41. The van der Waals surface area contributed by atoms with E-state index in [9.17, 15) is 9.59 Å². The van der Waals surface area contributed by atoms with Crippen LogP contribution in [0.25, 0.3) is 0 Å². The molecule has 0 spiro atoms. The van der Waals surface area contributed by atoms with Crippen LogP contribution in [0.2, 0.25) is 0 Å². The van der Waals surface area contributed by atoms with Crippen molar-refractivity contribution in [3.05, 3.63) is 24.8 Å². The Hall–Kier alpha value is -1.29. The van der Waals surface area contributed by atoms with Gasteiger partial charge in [0.25, 0.3) is 0 Å². The number of methoxy groups -OCH3 is 2. The van der Waals surface area contributed by atoms with Gasteiger partial charge in [-0.3, -0.25) is 9.59 Å². The molecule has 0 fully saturated rings. The zero-order valence-corrected chi connectivity index (χ0v) is 11.5. The van der Waals surface area contributed by atoms with Crippen LogP contribution in [-0.4, -0.2) is 32.0 Å². The molecule has 0 aromatic rings. The van der Waals surface area contributed by atoms with Crippen molar-refractivity contribution in [3.63, 3.8) is 0 Å². The lowest BCUT2D eigenvalue weighted by Gasteiger charge is -2.26. The Bertz CT molecular complexity index is 307. The molecule has 0 aliphatic rings. The van der Waals surface area contributed by atoms with Gasteiger partial charge in [-0.1, -0.05) is 18.2 Å². The fourth-order valence-electron chi connectivity index (χ4n) is 1.64. The van der Waals surface area contributed by atoms with Crippen LogP contribution < -0.4 is 0 Å². The molecule has 0 saturated heterocycles. The molecule has 0 saturated carbocycles. The van der Waals surface area contributed by atoms with Crippen molar-refractivity contribution in [2.75, 3.05) is 20.1 Å². The SMILES string of the molecule is C=CCCC(C/C=C/CCl)(C(=O)OC)C(=O)OC. The van der Waals surface area contributed by atoms with Crippen molar-refractivity contribution in [1.82, 2.24) is 0 Å². The van der Waals surface area contributed by atoms with E-state index in [1.165, 1.54) is 14.2 Å². The Kier molecular flexibility index (Phi) is 8.12. The normalized spacial score (nSPS) is 11.3. The molecular weight excluding hydrogens is 256 g/mol. The van der Waals surface area contributed by atoms with E-state index in [1.807, 2.05) is 0 Å². The van der Waals surface area contributed by atoms with E-state index >= 15 is 0 Å². The van der Waals surface area contributed by atoms with E-state index in [0.717, 1.165) is 0 Å². The molecule has 0 aliphatic carbocycles. The number of hydrogen-bond acceptors (Lipinski definition) is 4. The molecule has 0 rings (SSSR count). The maximum absolute atomic E-state index is 11.9. The summed E-state index contributed by atoms with van der Waals surface area (Å²) in [6.07, 6.45) is 6.01. The second-order valence-corrected chi connectivity index (χ2v) is 4.03. The Balaban J connectivity index is 5.23. The highest BCUT2D eigenvalue weighted by atomic mass is 35.5. The Morgan fingerprint density at radius 3 is 2.17 bits per heavy atom. The minimum atomic E-state index is -1.32. The van der Waals surface area contributed by atoms with E-state index in [1.54, 1.807) is 18.2 Å². The Morgan fingerprint density at radius 2 is 1.78 bits per heavy atom. The lowest BCUT2D eigenvalue weighted by molar-refractivity contribution is -0.169. The van der Waals surface area contributed by atoms with Gasteiger partial charge in [0.2, 0.25) is 0 Å². The van der Waals surface area contributed by atoms with Gasteiger partial charge in [0, 0.05) is 5.88 Å². The minimum Gasteiger partial charge on any atom is -0.468 e. The van der Waals surface area contributed by atoms with Crippen LogP contribution in [0.1, 0.15) is 19.3 Å². The van der Waals surface area contributed by atoms with E-state index < -0.39 is 17.4 Å². The standard InChI is InChI=1S/C13H19ClO4/c1-4-5-8-13(11(15)17-2,12(16)18-3)9-6-7-10-14/h4,6-7H,1,5,8-10H2,2-3H3/b7-6+. The molecule has 0 radical (unpaired) electrons. The smallest absolute Gasteiger partial charge is 0.323 e. The fourth-order valence-corrected chi connectivity index (χ4v) is 1.77. The number of ether oxygens (including phenoxy) is 2. The summed E-state index contributed by atoms with van der Waals surface area (Å²) in [5.74, 6) is -0.884. The summed E-state index contributed by atoms with van der Waals surface area (Å²) < 4.78 is 9.45. The summed E-state index contributed by atoms with van der Waals surface area (Å²) in [6.45, 7) is 3.59. The van der Waals surface area contributed by atoms with E-state index in [4.69, 9.17) is 21.1 Å². The van der Waals surface area contributed by atoms with Gasteiger partial charge in [-0.05, 0) is 19.3 Å². The highest BCUT2D eigenvalue weighted by Crippen LogP contribution is 2.32. The second kappa shape index (κ2) is 8.75. The zero-order chi connectivity index (χ0) is 14.0. The fraction of sp³-hybridized carbons (Fsp3) is 0.538. The predicted molar refractivity (Wildman–Crippen MR) is 70.4 cm³/mol. The van der Waals surface area contributed by atoms with Gasteiger partial charge in [-0.25, -0.2) is 0 Å². The molecule has 0 bridgehead atoms. The van der Waals surface area contributed by atoms with Gasteiger partial charge in [0.15, 0.2) is 5.41 Å². The van der Waals surface area contributed by atoms with Crippen LogP contribution in [0.15, 0.2) is 24.8 Å². The second-order valence-electron chi connectivity index (χ2n) is 3.72. The lowest BCUT2D eigenvalue weighted by atomic mass is 9.79. The molecule has 102 valence electrons. The summed E-state index contributed by atoms with van der Waals surface area (Å²) in [5.41, 5.74) is -1.32. The predicted octanol–water partition coefficient (Wildman–Crippen LogP) is 2.47. The molecule has 0 aromatic carbocycles. The number of allylic oxidation sites excluding steroid dienone is 3. The van der Waals surface area contributed by atoms with Gasteiger partial charge in [-0.2, -0.15) is 0 Å². The molecule has 0 atom stereocenters. The number of carbonyl (C=O) groups excluding carboxylic acids is 2. The number of esters is 2. The molecule has 0 aromatic heterocycles. The molecule has 4 nitrogen and oxygen atoms in total. The minimum absolute atomic E-state index is 0.201.